The Bertz CT molecular complexity index is 690. The standard InChI is InChI=1S/C17H21BrN2O2SSi/c1-24(2,3)17-12(9-18)10-20-15(22)13(16(20)23-17)19-14(21)11-7-5-4-6-8-11/h4-8,10,13,16-17H,9H2,1-3H3,(H,19,21)/t13?,16-,17?/m1/s1. The fourth-order valence-electron chi connectivity index (χ4n) is 3.05. The van der Waals surface area contributed by atoms with Gasteiger partial charge in [0.25, 0.3) is 11.8 Å². The van der Waals surface area contributed by atoms with E-state index >= 15 is 0 Å². The van der Waals surface area contributed by atoms with E-state index in [1.807, 2.05) is 36.2 Å². The fraction of sp³-hybridized carbons (Fsp3) is 0.412. The number of alkyl halides is 1. The molecule has 128 valence electrons. The van der Waals surface area contributed by atoms with Crippen molar-refractivity contribution in [3.63, 3.8) is 0 Å². The lowest BCUT2D eigenvalue weighted by atomic mass is 10.1. The predicted octanol–water partition coefficient (Wildman–Crippen LogP) is 3.22. The highest BCUT2D eigenvalue weighted by Gasteiger charge is 2.53. The Kier molecular flexibility index (Phi) is 4.95. The van der Waals surface area contributed by atoms with E-state index in [2.05, 4.69) is 40.9 Å². The van der Waals surface area contributed by atoms with E-state index in [0.717, 1.165) is 5.33 Å². The van der Waals surface area contributed by atoms with E-state index in [4.69, 9.17) is 0 Å². The fourth-order valence-corrected chi connectivity index (χ4v) is 8.61. The molecule has 0 bridgehead atoms. The lowest BCUT2D eigenvalue weighted by molar-refractivity contribution is -0.141. The average molecular weight is 425 g/mol. The second-order valence-electron chi connectivity index (χ2n) is 7.17. The molecule has 0 radical (unpaired) electrons. The maximum Gasteiger partial charge on any atom is 0.253 e. The van der Waals surface area contributed by atoms with Gasteiger partial charge in [-0.15, -0.1) is 11.8 Å². The number of nitrogens with one attached hydrogen (secondary N) is 1. The van der Waals surface area contributed by atoms with Crippen molar-refractivity contribution >= 4 is 47.6 Å². The van der Waals surface area contributed by atoms with Gasteiger partial charge in [0, 0.05) is 22.0 Å². The van der Waals surface area contributed by atoms with Crippen LogP contribution >= 0.6 is 27.7 Å². The van der Waals surface area contributed by atoms with Crippen LogP contribution in [0.5, 0.6) is 0 Å². The normalized spacial score (nSPS) is 26.3. The van der Waals surface area contributed by atoms with Crippen LogP contribution in [-0.4, -0.2) is 46.4 Å². The van der Waals surface area contributed by atoms with Gasteiger partial charge in [0.1, 0.15) is 11.4 Å². The van der Waals surface area contributed by atoms with E-state index in [0.29, 0.717) is 10.4 Å². The molecule has 1 N–H and O–H groups in total. The second kappa shape index (κ2) is 6.69. The van der Waals surface area contributed by atoms with Gasteiger partial charge in [0.2, 0.25) is 0 Å². The quantitative estimate of drug-likeness (QED) is 0.458. The van der Waals surface area contributed by atoms with Crippen LogP contribution < -0.4 is 5.32 Å². The number of amides is 2. The molecule has 0 aromatic heterocycles. The van der Waals surface area contributed by atoms with Crippen molar-refractivity contribution in [1.82, 2.24) is 10.2 Å². The second-order valence-corrected chi connectivity index (χ2v) is 14.7. The molecule has 7 heteroatoms. The minimum atomic E-state index is -1.42. The summed E-state index contributed by atoms with van der Waals surface area (Å²) in [5, 5.41) is 3.70. The molecule has 2 unspecified atom stereocenters. The van der Waals surface area contributed by atoms with Crippen LogP contribution in [0.25, 0.3) is 0 Å². The lowest BCUT2D eigenvalue weighted by Gasteiger charge is -2.51. The summed E-state index contributed by atoms with van der Waals surface area (Å²) >= 11 is 5.38. The number of carbonyl (C=O) groups excluding carboxylic acids is 2. The van der Waals surface area contributed by atoms with Gasteiger partial charge in [0.15, 0.2) is 0 Å². The minimum absolute atomic E-state index is 0.00434. The minimum Gasteiger partial charge on any atom is -0.338 e. The number of hydrogen-bond acceptors (Lipinski definition) is 3. The Labute approximate surface area is 156 Å². The summed E-state index contributed by atoms with van der Waals surface area (Å²) in [4.78, 5) is 27.0. The van der Waals surface area contributed by atoms with Crippen LogP contribution in [0.4, 0.5) is 0 Å². The van der Waals surface area contributed by atoms with E-state index in [1.54, 1.807) is 17.0 Å². The molecule has 1 aromatic rings. The Hall–Kier alpha value is -1.05. The Morgan fingerprint density at radius 3 is 2.54 bits per heavy atom. The SMILES string of the molecule is C[Si](C)(C)C1S[C@@H]2C(NC(=O)c3ccccc3)C(=O)N2C=C1CBr. The molecule has 2 heterocycles. The summed E-state index contributed by atoms with van der Waals surface area (Å²) in [6.07, 6.45) is 1.99. The Balaban J connectivity index is 1.77. The van der Waals surface area contributed by atoms with E-state index < -0.39 is 14.1 Å². The van der Waals surface area contributed by atoms with Crippen molar-refractivity contribution in [2.45, 2.75) is 35.9 Å². The van der Waals surface area contributed by atoms with Crippen molar-refractivity contribution in [2.24, 2.45) is 0 Å². The zero-order valence-corrected chi connectivity index (χ0v) is 17.4. The van der Waals surface area contributed by atoms with Gasteiger partial charge in [0.05, 0.1) is 8.07 Å². The van der Waals surface area contributed by atoms with Crippen molar-refractivity contribution in [1.29, 1.82) is 0 Å². The molecule has 3 atom stereocenters. The number of nitrogens with zero attached hydrogens (tertiary/aromatic N) is 1. The first-order chi connectivity index (χ1) is 11.3. The Morgan fingerprint density at radius 1 is 1.29 bits per heavy atom. The third-order valence-corrected chi connectivity index (χ3v) is 10.7. The maximum atomic E-state index is 12.4. The number of β-lactam (4-membered cyclic amide) rings is 1. The molecule has 1 saturated heterocycles. The monoisotopic (exact) mass is 424 g/mol. The molecule has 0 spiro atoms. The number of halogens is 1. The van der Waals surface area contributed by atoms with Crippen molar-refractivity contribution in [3.05, 3.63) is 47.7 Å². The van der Waals surface area contributed by atoms with Crippen LogP contribution in [0.15, 0.2) is 42.1 Å². The zero-order valence-electron chi connectivity index (χ0n) is 14.0. The topological polar surface area (TPSA) is 49.4 Å². The van der Waals surface area contributed by atoms with Gasteiger partial charge >= 0.3 is 0 Å². The summed E-state index contributed by atoms with van der Waals surface area (Å²) in [6, 6.07) is 8.61. The summed E-state index contributed by atoms with van der Waals surface area (Å²) in [7, 11) is -1.42. The van der Waals surface area contributed by atoms with Crippen LogP contribution in [0.3, 0.4) is 0 Å². The Morgan fingerprint density at radius 2 is 1.96 bits per heavy atom. The molecule has 2 aliphatic rings. The largest absolute Gasteiger partial charge is 0.338 e. The summed E-state index contributed by atoms with van der Waals surface area (Å²) in [6.45, 7) is 7.03. The first-order valence-corrected chi connectivity index (χ1v) is 13.6. The molecule has 3 rings (SSSR count). The van der Waals surface area contributed by atoms with Gasteiger partial charge in [-0.3, -0.25) is 9.59 Å². The van der Waals surface area contributed by atoms with Gasteiger partial charge in [-0.25, -0.2) is 0 Å². The molecular weight excluding hydrogens is 404 g/mol. The zero-order chi connectivity index (χ0) is 17.5. The van der Waals surface area contributed by atoms with Crippen molar-refractivity contribution in [3.8, 4) is 0 Å². The molecule has 1 fully saturated rings. The maximum absolute atomic E-state index is 12.4. The highest BCUT2D eigenvalue weighted by atomic mass is 79.9. The molecule has 2 aliphatic heterocycles. The number of carbonyl (C=O) groups is 2. The van der Waals surface area contributed by atoms with Crippen LogP contribution in [0.2, 0.25) is 19.6 Å². The summed E-state index contributed by atoms with van der Waals surface area (Å²) in [5.74, 6) is -0.210. The first-order valence-electron chi connectivity index (χ1n) is 7.93. The third-order valence-electron chi connectivity index (χ3n) is 4.26. The van der Waals surface area contributed by atoms with Crippen LogP contribution in [0, 0.1) is 0 Å². The molecule has 24 heavy (non-hydrogen) atoms. The number of thioether (sulfide) groups is 1. The number of benzene rings is 1. The van der Waals surface area contributed by atoms with Gasteiger partial charge in [-0.2, -0.15) is 0 Å². The molecule has 4 nitrogen and oxygen atoms in total. The number of hydrogen-bond donors (Lipinski definition) is 1. The molecule has 2 amide bonds. The van der Waals surface area contributed by atoms with Gasteiger partial charge in [-0.1, -0.05) is 53.8 Å². The van der Waals surface area contributed by atoms with E-state index in [9.17, 15) is 9.59 Å². The molecule has 0 saturated carbocycles. The first kappa shape index (κ1) is 17.8. The van der Waals surface area contributed by atoms with E-state index in [1.165, 1.54) is 5.57 Å². The third kappa shape index (κ3) is 3.21. The van der Waals surface area contributed by atoms with Crippen molar-refractivity contribution in [2.75, 3.05) is 5.33 Å². The van der Waals surface area contributed by atoms with Crippen molar-refractivity contribution < 1.29 is 9.59 Å². The van der Waals surface area contributed by atoms with Gasteiger partial charge in [-0.05, 0) is 17.7 Å². The van der Waals surface area contributed by atoms with Crippen LogP contribution in [0.1, 0.15) is 10.4 Å². The molecule has 0 aliphatic carbocycles. The molecular formula is C17H21BrN2O2SSi. The lowest BCUT2D eigenvalue weighted by Crippen LogP contribution is -2.69. The van der Waals surface area contributed by atoms with E-state index in [-0.39, 0.29) is 17.2 Å². The number of fused-ring (bicyclic) bond motifs is 1. The number of rotatable bonds is 4. The van der Waals surface area contributed by atoms with Crippen LogP contribution in [-0.2, 0) is 4.79 Å². The predicted molar refractivity (Wildman–Crippen MR) is 105 cm³/mol. The smallest absolute Gasteiger partial charge is 0.253 e. The average Bonchev–Trinajstić information content (AvgIpc) is 2.57. The molecule has 1 aromatic carbocycles. The highest BCUT2D eigenvalue weighted by molar-refractivity contribution is 9.09. The summed E-state index contributed by atoms with van der Waals surface area (Å²) < 4.78 is 0. The van der Waals surface area contributed by atoms with Gasteiger partial charge < -0.3 is 10.2 Å². The highest BCUT2D eigenvalue weighted by Crippen LogP contribution is 2.44. The summed E-state index contributed by atoms with van der Waals surface area (Å²) in [5.41, 5.74) is 1.86.